The van der Waals surface area contributed by atoms with E-state index < -0.39 is 5.69 Å². The van der Waals surface area contributed by atoms with Gasteiger partial charge in [-0.15, -0.1) is 0 Å². The van der Waals surface area contributed by atoms with Gasteiger partial charge in [0.25, 0.3) is 0 Å². The van der Waals surface area contributed by atoms with Crippen LogP contribution in [0.4, 0.5) is 0 Å². The molecule has 0 bridgehead atoms. The van der Waals surface area contributed by atoms with Gasteiger partial charge in [0.2, 0.25) is 0 Å². The molecule has 1 aromatic carbocycles. The number of hydrogen-bond donors (Lipinski definition) is 2. The van der Waals surface area contributed by atoms with Crippen molar-refractivity contribution < 1.29 is 0 Å². The van der Waals surface area contributed by atoms with Crippen molar-refractivity contribution in [2.24, 2.45) is 5.73 Å². The SMILES string of the molecule is NCc1cccc(Cl)c1-n1nn[nH]c1=O. The Kier molecular flexibility index (Phi) is 2.53. The Bertz CT molecular complexity index is 532. The van der Waals surface area contributed by atoms with E-state index >= 15 is 0 Å². The summed E-state index contributed by atoms with van der Waals surface area (Å²) in [6, 6.07) is 5.21. The van der Waals surface area contributed by atoms with Crippen molar-refractivity contribution in [1.29, 1.82) is 0 Å². The molecule has 0 atom stereocenters. The highest BCUT2D eigenvalue weighted by molar-refractivity contribution is 6.32. The molecule has 0 aliphatic heterocycles. The van der Waals surface area contributed by atoms with Crippen LogP contribution >= 0.6 is 11.6 Å². The van der Waals surface area contributed by atoms with Crippen molar-refractivity contribution in [3.05, 3.63) is 39.3 Å². The number of nitrogens with two attached hydrogens (primary N) is 1. The molecule has 78 valence electrons. The first-order valence-electron chi connectivity index (χ1n) is 4.22. The number of rotatable bonds is 2. The number of tetrazole rings is 1. The van der Waals surface area contributed by atoms with Gasteiger partial charge in [0.1, 0.15) is 0 Å². The summed E-state index contributed by atoms with van der Waals surface area (Å²) in [7, 11) is 0. The summed E-state index contributed by atoms with van der Waals surface area (Å²) in [6.07, 6.45) is 0. The molecule has 2 rings (SSSR count). The molecule has 15 heavy (non-hydrogen) atoms. The zero-order chi connectivity index (χ0) is 10.8. The van der Waals surface area contributed by atoms with E-state index in [1.165, 1.54) is 0 Å². The highest BCUT2D eigenvalue weighted by Gasteiger charge is 2.11. The zero-order valence-electron chi connectivity index (χ0n) is 7.64. The van der Waals surface area contributed by atoms with Crippen LogP contribution < -0.4 is 11.4 Å². The highest BCUT2D eigenvalue weighted by atomic mass is 35.5. The molecule has 0 spiro atoms. The molecule has 2 aromatic rings. The average Bonchev–Trinajstić information content (AvgIpc) is 2.64. The van der Waals surface area contributed by atoms with Crippen LogP contribution in [0.3, 0.4) is 0 Å². The second kappa shape index (κ2) is 3.84. The zero-order valence-corrected chi connectivity index (χ0v) is 8.40. The normalized spacial score (nSPS) is 10.5. The van der Waals surface area contributed by atoms with Gasteiger partial charge in [-0.25, -0.2) is 9.89 Å². The van der Waals surface area contributed by atoms with Gasteiger partial charge in [-0.3, -0.25) is 0 Å². The lowest BCUT2D eigenvalue weighted by molar-refractivity contribution is 0.770. The fraction of sp³-hybridized carbons (Fsp3) is 0.125. The van der Waals surface area contributed by atoms with Gasteiger partial charge in [0.15, 0.2) is 0 Å². The molecule has 0 saturated carbocycles. The molecule has 0 fully saturated rings. The van der Waals surface area contributed by atoms with Crippen molar-refractivity contribution >= 4 is 11.6 Å². The average molecular weight is 226 g/mol. The Morgan fingerprint density at radius 2 is 2.33 bits per heavy atom. The Morgan fingerprint density at radius 1 is 1.53 bits per heavy atom. The number of aromatic nitrogens is 4. The van der Waals surface area contributed by atoms with Gasteiger partial charge >= 0.3 is 5.69 Å². The van der Waals surface area contributed by atoms with Crippen LogP contribution in [-0.2, 0) is 6.54 Å². The second-order valence-electron chi connectivity index (χ2n) is 2.87. The van der Waals surface area contributed by atoms with E-state index in [2.05, 4.69) is 15.5 Å². The first kappa shape index (κ1) is 9.88. The fourth-order valence-electron chi connectivity index (χ4n) is 1.31. The summed E-state index contributed by atoms with van der Waals surface area (Å²) < 4.78 is 1.09. The van der Waals surface area contributed by atoms with Crippen LogP contribution in [-0.4, -0.2) is 20.2 Å². The first-order valence-corrected chi connectivity index (χ1v) is 4.60. The molecule has 0 saturated heterocycles. The second-order valence-corrected chi connectivity index (χ2v) is 3.28. The summed E-state index contributed by atoms with van der Waals surface area (Å²) in [4.78, 5) is 11.3. The fourth-order valence-corrected chi connectivity index (χ4v) is 1.58. The number of benzene rings is 1. The molecular formula is C8H8ClN5O. The lowest BCUT2D eigenvalue weighted by Gasteiger charge is -2.07. The molecular weight excluding hydrogens is 218 g/mol. The smallest absolute Gasteiger partial charge is 0.326 e. The van der Waals surface area contributed by atoms with E-state index in [1.54, 1.807) is 18.2 Å². The molecule has 1 heterocycles. The number of aromatic amines is 1. The molecule has 0 aliphatic carbocycles. The maximum Gasteiger partial charge on any atom is 0.365 e. The summed E-state index contributed by atoms with van der Waals surface area (Å²) in [5.74, 6) is 0. The van der Waals surface area contributed by atoms with Gasteiger partial charge in [-0.1, -0.05) is 23.7 Å². The summed E-state index contributed by atoms with van der Waals surface area (Å²) in [5.41, 5.74) is 6.30. The summed E-state index contributed by atoms with van der Waals surface area (Å²) in [5, 5.41) is 9.61. The topological polar surface area (TPSA) is 89.6 Å². The number of halogens is 1. The monoisotopic (exact) mass is 225 g/mol. The van der Waals surface area contributed by atoms with Crippen molar-refractivity contribution in [1.82, 2.24) is 20.2 Å². The molecule has 0 radical (unpaired) electrons. The van der Waals surface area contributed by atoms with Crippen molar-refractivity contribution in [3.8, 4) is 5.69 Å². The molecule has 0 unspecified atom stereocenters. The molecule has 7 heteroatoms. The van der Waals surface area contributed by atoms with Crippen LogP contribution in [0, 0.1) is 0 Å². The van der Waals surface area contributed by atoms with Crippen LogP contribution in [0.15, 0.2) is 23.0 Å². The predicted molar refractivity (Wildman–Crippen MR) is 54.9 cm³/mol. The van der Waals surface area contributed by atoms with E-state index in [1.807, 2.05) is 0 Å². The molecule has 0 aliphatic rings. The van der Waals surface area contributed by atoms with Crippen molar-refractivity contribution in [3.63, 3.8) is 0 Å². The molecule has 1 aromatic heterocycles. The quantitative estimate of drug-likeness (QED) is 0.757. The standard InChI is InChI=1S/C8H8ClN5O/c9-6-3-1-2-5(4-10)7(6)14-8(15)11-12-13-14/h1-3H,4,10H2,(H,11,13,15). The highest BCUT2D eigenvalue weighted by Crippen LogP contribution is 2.21. The van der Waals surface area contributed by atoms with Gasteiger partial charge in [0, 0.05) is 6.54 Å². The van der Waals surface area contributed by atoms with E-state index in [0.29, 0.717) is 10.7 Å². The lowest BCUT2D eigenvalue weighted by Crippen LogP contribution is -2.18. The van der Waals surface area contributed by atoms with Gasteiger partial charge in [-0.05, 0) is 22.1 Å². The third kappa shape index (κ3) is 1.64. The van der Waals surface area contributed by atoms with Gasteiger partial charge in [-0.2, -0.15) is 4.68 Å². The summed E-state index contributed by atoms with van der Waals surface area (Å²) in [6.45, 7) is 0.273. The largest absolute Gasteiger partial charge is 0.365 e. The lowest BCUT2D eigenvalue weighted by atomic mass is 10.2. The number of para-hydroxylation sites is 1. The van der Waals surface area contributed by atoms with Gasteiger partial charge in [0.05, 0.1) is 10.7 Å². The van der Waals surface area contributed by atoms with E-state index in [4.69, 9.17) is 17.3 Å². The Balaban J connectivity index is 2.71. The van der Waals surface area contributed by atoms with E-state index in [0.717, 1.165) is 10.2 Å². The minimum atomic E-state index is -0.446. The third-order valence-corrected chi connectivity index (χ3v) is 2.28. The van der Waals surface area contributed by atoms with Crippen molar-refractivity contribution in [2.75, 3.05) is 0 Å². The molecule has 0 amide bonds. The Labute approximate surface area is 89.6 Å². The third-order valence-electron chi connectivity index (χ3n) is 1.97. The van der Waals surface area contributed by atoms with Gasteiger partial charge < -0.3 is 5.73 Å². The number of nitrogens with one attached hydrogen (secondary N) is 1. The first-order chi connectivity index (χ1) is 7.24. The molecule has 6 nitrogen and oxygen atoms in total. The molecule has 3 N–H and O–H groups in total. The minimum absolute atomic E-state index is 0.273. The van der Waals surface area contributed by atoms with Crippen LogP contribution in [0.5, 0.6) is 0 Å². The number of nitrogens with zero attached hydrogens (tertiary/aromatic N) is 3. The van der Waals surface area contributed by atoms with Crippen LogP contribution in [0.1, 0.15) is 5.56 Å². The maximum atomic E-state index is 11.3. The Hall–Kier alpha value is -1.66. The number of H-pyrrole nitrogens is 1. The minimum Gasteiger partial charge on any atom is -0.326 e. The predicted octanol–water partition coefficient (Wildman–Crippen LogP) is 0.0677. The summed E-state index contributed by atoms with van der Waals surface area (Å²) >= 11 is 5.97. The van der Waals surface area contributed by atoms with E-state index in [9.17, 15) is 4.79 Å². The van der Waals surface area contributed by atoms with Crippen LogP contribution in [0.25, 0.3) is 5.69 Å². The van der Waals surface area contributed by atoms with E-state index in [-0.39, 0.29) is 6.54 Å². The Morgan fingerprint density at radius 3 is 2.93 bits per heavy atom. The van der Waals surface area contributed by atoms with Crippen LogP contribution in [0.2, 0.25) is 5.02 Å². The maximum absolute atomic E-state index is 11.3. The van der Waals surface area contributed by atoms with Crippen molar-refractivity contribution in [2.45, 2.75) is 6.54 Å². The number of hydrogen-bond acceptors (Lipinski definition) is 4.